The van der Waals surface area contributed by atoms with Crippen molar-refractivity contribution in [3.8, 4) is 0 Å². The van der Waals surface area contributed by atoms with Crippen LogP contribution in [0.1, 0.15) is 12.1 Å². The summed E-state index contributed by atoms with van der Waals surface area (Å²) in [5.41, 5.74) is 0.873. The Morgan fingerprint density at radius 3 is 2.81 bits per heavy atom. The first-order chi connectivity index (χ1) is 10.1. The van der Waals surface area contributed by atoms with Gasteiger partial charge in [-0.15, -0.1) is 11.6 Å². The molecule has 1 atom stereocenters. The third-order valence-corrected chi connectivity index (χ3v) is 3.21. The largest absolute Gasteiger partial charge is 0.481 e. The van der Waals surface area contributed by atoms with Gasteiger partial charge in [0.25, 0.3) is 0 Å². The Labute approximate surface area is 126 Å². The van der Waals surface area contributed by atoms with Crippen molar-refractivity contribution in [1.82, 2.24) is 4.98 Å². The molecule has 1 aliphatic rings. The van der Waals surface area contributed by atoms with E-state index in [-0.39, 0.29) is 24.3 Å². The average Bonchev–Trinajstić information content (AvgIpc) is 2.38. The van der Waals surface area contributed by atoms with E-state index >= 15 is 0 Å². The van der Waals surface area contributed by atoms with Crippen LogP contribution in [0.5, 0.6) is 0 Å². The Balaban J connectivity index is 2.12. The first-order valence-corrected chi connectivity index (χ1v) is 7.05. The van der Waals surface area contributed by atoms with Gasteiger partial charge in [0.2, 0.25) is 5.91 Å². The molecule has 1 unspecified atom stereocenters. The quantitative estimate of drug-likeness (QED) is 0.651. The number of rotatable bonds is 7. The fraction of sp³-hybridized carbons (Fsp3) is 0.462. The topological polar surface area (TPSA) is 101 Å². The highest BCUT2D eigenvalue weighted by Gasteiger charge is 2.19. The number of carbonyl (C=O) groups is 2. The maximum atomic E-state index is 11.4. The zero-order valence-electron chi connectivity index (χ0n) is 11.3. The van der Waals surface area contributed by atoms with Gasteiger partial charge in [0.05, 0.1) is 23.9 Å². The molecule has 0 aliphatic carbocycles. The van der Waals surface area contributed by atoms with Crippen LogP contribution in [0.3, 0.4) is 0 Å². The number of nitrogens with zero attached hydrogens (tertiary/aromatic N) is 1. The number of amides is 1. The highest BCUT2D eigenvalue weighted by molar-refractivity contribution is 6.29. The van der Waals surface area contributed by atoms with Crippen molar-refractivity contribution in [3.05, 3.63) is 17.8 Å². The highest BCUT2D eigenvalue weighted by atomic mass is 35.5. The lowest BCUT2D eigenvalue weighted by Crippen LogP contribution is -2.34. The van der Waals surface area contributed by atoms with E-state index in [0.717, 1.165) is 13.0 Å². The van der Waals surface area contributed by atoms with Crippen LogP contribution < -0.4 is 10.6 Å². The third-order valence-electron chi connectivity index (χ3n) is 2.97. The number of carboxylic acid groups (broad SMARTS) is 1. The van der Waals surface area contributed by atoms with Gasteiger partial charge in [0.1, 0.15) is 11.7 Å². The lowest BCUT2D eigenvalue weighted by molar-refractivity contribution is -0.136. The van der Waals surface area contributed by atoms with Crippen LogP contribution in [0.15, 0.2) is 12.1 Å². The van der Waals surface area contributed by atoms with Gasteiger partial charge in [0, 0.05) is 13.2 Å². The van der Waals surface area contributed by atoms with Crippen LogP contribution in [0, 0.1) is 0 Å². The van der Waals surface area contributed by atoms with Gasteiger partial charge >= 0.3 is 5.97 Å². The second-order valence-corrected chi connectivity index (χ2v) is 4.88. The maximum absolute atomic E-state index is 11.4. The Hall–Kier alpha value is -1.86. The first-order valence-electron chi connectivity index (χ1n) is 6.51. The van der Waals surface area contributed by atoms with Crippen LogP contribution in [0.4, 0.5) is 11.5 Å². The van der Waals surface area contributed by atoms with E-state index in [0.29, 0.717) is 23.7 Å². The lowest BCUT2D eigenvalue weighted by atomic mass is 10.2. The van der Waals surface area contributed by atoms with Crippen molar-refractivity contribution >= 4 is 35.0 Å². The van der Waals surface area contributed by atoms with Gasteiger partial charge < -0.3 is 20.5 Å². The second kappa shape index (κ2) is 7.24. The number of halogens is 1. The molecule has 21 heavy (non-hydrogen) atoms. The normalized spacial score (nSPS) is 16.9. The number of hydrogen-bond donors (Lipinski definition) is 3. The van der Waals surface area contributed by atoms with Crippen molar-refractivity contribution in [1.29, 1.82) is 0 Å². The van der Waals surface area contributed by atoms with Crippen LogP contribution in [-0.4, -0.2) is 47.1 Å². The van der Waals surface area contributed by atoms with Gasteiger partial charge in [0.15, 0.2) is 0 Å². The minimum Gasteiger partial charge on any atom is -0.481 e. The molecule has 0 radical (unpaired) electrons. The van der Waals surface area contributed by atoms with E-state index in [9.17, 15) is 9.59 Å². The molecule has 1 aromatic heterocycles. The summed E-state index contributed by atoms with van der Waals surface area (Å²) >= 11 is 5.46. The van der Waals surface area contributed by atoms with Crippen LogP contribution in [0.2, 0.25) is 0 Å². The molecule has 114 valence electrons. The number of carboxylic acids is 1. The third kappa shape index (κ3) is 4.57. The Morgan fingerprint density at radius 2 is 2.24 bits per heavy atom. The Morgan fingerprint density at radius 1 is 1.48 bits per heavy atom. The number of anilines is 2. The predicted octanol–water partition coefficient (Wildman–Crippen LogP) is 1.09. The van der Waals surface area contributed by atoms with Crippen molar-refractivity contribution in [3.63, 3.8) is 0 Å². The summed E-state index contributed by atoms with van der Waals surface area (Å²) in [6, 6.07) is 3.17. The molecule has 1 aromatic rings. The molecule has 1 fully saturated rings. The summed E-state index contributed by atoms with van der Waals surface area (Å²) in [4.78, 5) is 26.4. The summed E-state index contributed by atoms with van der Waals surface area (Å²) in [6.07, 6.45) is 0.898. The van der Waals surface area contributed by atoms with Crippen molar-refractivity contribution < 1.29 is 19.4 Å². The number of nitrogens with one attached hydrogen (secondary N) is 2. The number of carbonyl (C=O) groups excluding carboxylic acids is 1. The van der Waals surface area contributed by atoms with Crippen LogP contribution in [-0.2, 0) is 20.7 Å². The fourth-order valence-electron chi connectivity index (χ4n) is 1.83. The summed E-state index contributed by atoms with van der Waals surface area (Å²) in [5.74, 6) is -1.06. The molecule has 3 N–H and O–H groups in total. The van der Waals surface area contributed by atoms with Gasteiger partial charge in [-0.25, -0.2) is 4.98 Å². The highest BCUT2D eigenvalue weighted by Crippen LogP contribution is 2.21. The summed E-state index contributed by atoms with van der Waals surface area (Å²) in [7, 11) is 0. The maximum Gasteiger partial charge on any atom is 0.309 e. The zero-order valence-corrected chi connectivity index (χ0v) is 12.0. The zero-order chi connectivity index (χ0) is 15.2. The molecule has 0 saturated carbocycles. The second-order valence-electron chi connectivity index (χ2n) is 4.61. The summed E-state index contributed by atoms with van der Waals surface area (Å²) < 4.78 is 5.30. The molecule has 1 aliphatic heterocycles. The molecule has 1 saturated heterocycles. The lowest BCUT2D eigenvalue weighted by Gasteiger charge is -2.27. The molecule has 0 aromatic carbocycles. The standard InChI is InChI=1S/C13H16ClN3O4/c14-6-11(18)17-10-2-1-8(5-12(19)20)16-13(10)15-7-9-3-4-21-9/h1-2,9H,3-7H2,(H,15,16)(H,17,18)(H,19,20). The van der Waals surface area contributed by atoms with E-state index in [4.69, 9.17) is 21.4 Å². The molecule has 2 rings (SSSR count). The molecule has 8 heteroatoms. The summed E-state index contributed by atoms with van der Waals surface area (Å²) in [6.45, 7) is 1.29. The first kappa shape index (κ1) is 15.5. The number of pyridine rings is 1. The minimum atomic E-state index is -0.965. The SMILES string of the molecule is O=C(O)Cc1ccc(NC(=O)CCl)c(NCC2CCO2)n1. The number of hydrogen-bond acceptors (Lipinski definition) is 5. The predicted molar refractivity (Wildman–Crippen MR) is 77.8 cm³/mol. The van der Waals surface area contributed by atoms with Crippen molar-refractivity contribution in [2.24, 2.45) is 0 Å². The van der Waals surface area contributed by atoms with E-state index < -0.39 is 5.97 Å². The van der Waals surface area contributed by atoms with Gasteiger partial charge in [-0.3, -0.25) is 9.59 Å². The number of ether oxygens (including phenoxy) is 1. The average molecular weight is 314 g/mol. The van der Waals surface area contributed by atoms with Gasteiger partial charge in [-0.2, -0.15) is 0 Å². The monoisotopic (exact) mass is 313 g/mol. The molecular weight excluding hydrogens is 298 g/mol. The smallest absolute Gasteiger partial charge is 0.309 e. The number of aromatic nitrogens is 1. The van der Waals surface area contributed by atoms with E-state index in [2.05, 4.69) is 15.6 Å². The molecule has 7 nitrogen and oxygen atoms in total. The molecule has 0 spiro atoms. The van der Waals surface area contributed by atoms with Crippen molar-refractivity contribution in [2.45, 2.75) is 18.9 Å². The van der Waals surface area contributed by atoms with Gasteiger partial charge in [-0.1, -0.05) is 0 Å². The van der Waals surface area contributed by atoms with Gasteiger partial charge in [-0.05, 0) is 18.6 Å². The molecule has 0 bridgehead atoms. The van der Waals surface area contributed by atoms with Crippen LogP contribution in [0.25, 0.3) is 0 Å². The fourth-order valence-corrected chi connectivity index (χ4v) is 1.90. The molecule has 2 heterocycles. The van der Waals surface area contributed by atoms with E-state index in [1.165, 1.54) is 0 Å². The Kier molecular flexibility index (Phi) is 5.35. The summed E-state index contributed by atoms with van der Waals surface area (Å²) in [5, 5.41) is 14.5. The Bertz CT molecular complexity index is 534. The molecular formula is C13H16ClN3O4. The van der Waals surface area contributed by atoms with Crippen molar-refractivity contribution in [2.75, 3.05) is 29.7 Å². The van der Waals surface area contributed by atoms with Crippen LogP contribution >= 0.6 is 11.6 Å². The molecule has 1 amide bonds. The number of alkyl halides is 1. The van der Waals surface area contributed by atoms with E-state index in [1.807, 2.05) is 0 Å². The van der Waals surface area contributed by atoms with E-state index in [1.54, 1.807) is 12.1 Å². The minimum absolute atomic E-state index is 0.117. The number of aliphatic carboxylic acids is 1.